The van der Waals surface area contributed by atoms with Crippen LogP contribution in [0.4, 0.5) is 0 Å². The van der Waals surface area contributed by atoms with Gasteiger partial charge in [0.2, 0.25) is 0 Å². The number of halogens is 2. The van der Waals surface area contributed by atoms with E-state index < -0.39 is 5.60 Å². The van der Waals surface area contributed by atoms with Gasteiger partial charge in [-0.15, -0.1) is 0 Å². The van der Waals surface area contributed by atoms with Crippen molar-refractivity contribution in [2.75, 3.05) is 6.54 Å². The molecule has 0 radical (unpaired) electrons. The summed E-state index contributed by atoms with van der Waals surface area (Å²) < 4.78 is 0.905. The van der Waals surface area contributed by atoms with Crippen LogP contribution in [-0.2, 0) is 0 Å². The van der Waals surface area contributed by atoms with Gasteiger partial charge in [-0.1, -0.05) is 25.4 Å². The first kappa shape index (κ1) is 16.7. The smallest absolute Gasteiger partial charge is 0.251 e. The van der Waals surface area contributed by atoms with Crippen LogP contribution in [0.25, 0.3) is 0 Å². The number of amides is 1. The van der Waals surface area contributed by atoms with Crippen molar-refractivity contribution in [2.45, 2.75) is 32.8 Å². The van der Waals surface area contributed by atoms with Crippen molar-refractivity contribution in [2.24, 2.45) is 5.92 Å². The Hall–Kier alpha value is -0.330. The minimum Gasteiger partial charge on any atom is -0.388 e. The van der Waals surface area contributed by atoms with E-state index in [9.17, 15) is 9.90 Å². The second-order valence-corrected chi connectivity index (χ2v) is 6.98. The van der Waals surface area contributed by atoms with Gasteiger partial charge < -0.3 is 10.4 Å². The Balaban J connectivity index is 2.62. The minimum absolute atomic E-state index is 0.220. The van der Waals surface area contributed by atoms with E-state index in [-0.39, 0.29) is 12.5 Å². The lowest BCUT2D eigenvalue weighted by Crippen LogP contribution is -2.41. The summed E-state index contributed by atoms with van der Waals surface area (Å²) in [7, 11) is 0. The first-order chi connectivity index (χ1) is 8.71. The molecule has 1 rings (SSSR count). The number of carbonyl (C=O) groups is 1. The van der Waals surface area contributed by atoms with Crippen molar-refractivity contribution in [3.05, 3.63) is 32.4 Å². The van der Waals surface area contributed by atoms with Crippen LogP contribution in [0.1, 0.15) is 37.6 Å². The third-order valence-corrected chi connectivity index (χ3v) is 4.23. The number of aliphatic hydroxyl groups is 1. The Morgan fingerprint density at radius 3 is 2.68 bits per heavy atom. The molecule has 1 atom stereocenters. The number of carbonyl (C=O) groups excluding carboxylic acids is 1. The summed E-state index contributed by atoms with van der Waals surface area (Å²) >= 11 is 8.09. The topological polar surface area (TPSA) is 49.3 Å². The number of hydrogen-bond acceptors (Lipinski definition) is 2. The van der Waals surface area contributed by atoms with Crippen LogP contribution in [0.15, 0.2) is 18.2 Å². The Kier molecular flexibility index (Phi) is 6.08. The zero-order valence-corrected chi connectivity index (χ0v) is 14.2. The van der Waals surface area contributed by atoms with Gasteiger partial charge in [0.15, 0.2) is 0 Å². The molecule has 0 saturated carbocycles. The number of rotatable bonds is 5. The van der Waals surface area contributed by atoms with E-state index in [4.69, 9.17) is 11.6 Å². The van der Waals surface area contributed by atoms with Gasteiger partial charge in [-0.3, -0.25) is 4.79 Å². The maximum Gasteiger partial charge on any atom is 0.251 e. The molecule has 0 aliphatic rings. The monoisotopic (exact) mass is 395 g/mol. The molecule has 0 heterocycles. The van der Waals surface area contributed by atoms with Crippen molar-refractivity contribution in [1.82, 2.24) is 5.32 Å². The lowest BCUT2D eigenvalue weighted by molar-refractivity contribution is 0.0368. The molecule has 0 aliphatic carbocycles. The van der Waals surface area contributed by atoms with Gasteiger partial charge in [0.25, 0.3) is 5.91 Å². The fourth-order valence-electron chi connectivity index (χ4n) is 1.96. The fourth-order valence-corrected chi connectivity index (χ4v) is 2.48. The molecule has 0 aliphatic heterocycles. The highest BCUT2D eigenvalue weighted by atomic mass is 127. The van der Waals surface area contributed by atoms with Crippen LogP contribution in [0.3, 0.4) is 0 Å². The van der Waals surface area contributed by atoms with Crippen LogP contribution in [0.5, 0.6) is 0 Å². The van der Waals surface area contributed by atoms with E-state index in [1.54, 1.807) is 25.1 Å². The molecule has 0 spiro atoms. The number of benzene rings is 1. The summed E-state index contributed by atoms with van der Waals surface area (Å²) in [5.41, 5.74) is -0.387. The van der Waals surface area contributed by atoms with E-state index in [0.29, 0.717) is 22.9 Å². The van der Waals surface area contributed by atoms with Crippen molar-refractivity contribution in [3.8, 4) is 0 Å². The molecule has 1 aromatic carbocycles. The molecule has 1 unspecified atom stereocenters. The zero-order chi connectivity index (χ0) is 14.6. The van der Waals surface area contributed by atoms with Crippen molar-refractivity contribution >= 4 is 40.1 Å². The molecule has 0 aromatic heterocycles. The minimum atomic E-state index is -0.892. The molecule has 106 valence electrons. The second kappa shape index (κ2) is 6.90. The Bertz CT molecular complexity index is 461. The van der Waals surface area contributed by atoms with Crippen LogP contribution >= 0.6 is 34.2 Å². The maximum absolute atomic E-state index is 12.0. The molecule has 3 nitrogen and oxygen atoms in total. The molecule has 0 saturated heterocycles. The Morgan fingerprint density at radius 2 is 2.16 bits per heavy atom. The Labute approximate surface area is 132 Å². The van der Waals surface area contributed by atoms with Gasteiger partial charge in [0.1, 0.15) is 0 Å². The zero-order valence-electron chi connectivity index (χ0n) is 11.3. The van der Waals surface area contributed by atoms with Crippen molar-refractivity contribution < 1.29 is 9.90 Å². The van der Waals surface area contributed by atoms with Crippen molar-refractivity contribution in [1.29, 1.82) is 0 Å². The first-order valence-corrected chi connectivity index (χ1v) is 7.62. The molecule has 5 heteroatoms. The third kappa shape index (κ3) is 5.67. The molecule has 0 fully saturated rings. The lowest BCUT2D eigenvalue weighted by Gasteiger charge is -2.25. The summed E-state index contributed by atoms with van der Waals surface area (Å²) in [4.78, 5) is 12.0. The Morgan fingerprint density at radius 1 is 1.53 bits per heavy atom. The molecule has 0 bridgehead atoms. The summed E-state index contributed by atoms with van der Waals surface area (Å²) in [6, 6.07) is 5.15. The average molecular weight is 396 g/mol. The van der Waals surface area contributed by atoms with E-state index in [1.807, 2.05) is 13.8 Å². The predicted octanol–water partition coefficient (Wildman–Crippen LogP) is 3.47. The predicted molar refractivity (Wildman–Crippen MR) is 86.6 cm³/mol. The summed E-state index contributed by atoms with van der Waals surface area (Å²) in [5, 5.41) is 13.4. The summed E-state index contributed by atoms with van der Waals surface area (Å²) in [5.74, 6) is 0.155. The molecular formula is C14H19ClINO2. The van der Waals surface area contributed by atoms with E-state index in [2.05, 4.69) is 27.9 Å². The molecule has 1 amide bonds. The van der Waals surface area contributed by atoms with E-state index in [1.165, 1.54) is 0 Å². The van der Waals surface area contributed by atoms with Crippen LogP contribution in [0, 0.1) is 9.49 Å². The SMILES string of the molecule is CC(C)CC(C)(O)CNC(=O)c1ccc(I)c(Cl)c1. The fraction of sp³-hybridized carbons (Fsp3) is 0.500. The highest BCUT2D eigenvalue weighted by molar-refractivity contribution is 14.1. The van der Waals surface area contributed by atoms with Crippen molar-refractivity contribution in [3.63, 3.8) is 0 Å². The molecule has 19 heavy (non-hydrogen) atoms. The normalized spacial score (nSPS) is 14.3. The van der Waals surface area contributed by atoms with Crippen LogP contribution in [-0.4, -0.2) is 23.2 Å². The second-order valence-electron chi connectivity index (χ2n) is 5.41. The van der Waals surface area contributed by atoms with Gasteiger partial charge in [-0.2, -0.15) is 0 Å². The van der Waals surface area contributed by atoms with Crippen LogP contribution in [0.2, 0.25) is 5.02 Å². The van der Waals surface area contributed by atoms with Gasteiger partial charge in [0.05, 0.1) is 10.6 Å². The summed E-state index contributed by atoms with van der Waals surface area (Å²) in [6.07, 6.45) is 0.640. The quantitative estimate of drug-likeness (QED) is 0.750. The average Bonchev–Trinajstić information content (AvgIpc) is 2.28. The van der Waals surface area contributed by atoms with E-state index in [0.717, 1.165) is 3.57 Å². The number of hydrogen-bond donors (Lipinski definition) is 2. The largest absolute Gasteiger partial charge is 0.388 e. The standard InChI is InChI=1S/C14H19ClINO2/c1-9(2)7-14(3,19)8-17-13(18)10-4-5-12(16)11(15)6-10/h4-6,9,19H,7-8H2,1-3H3,(H,17,18). The van der Waals surface area contributed by atoms with Gasteiger partial charge in [-0.25, -0.2) is 0 Å². The maximum atomic E-state index is 12.0. The third-order valence-electron chi connectivity index (χ3n) is 2.66. The highest BCUT2D eigenvalue weighted by Gasteiger charge is 2.22. The molecular weight excluding hydrogens is 377 g/mol. The highest BCUT2D eigenvalue weighted by Crippen LogP contribution is 2.20. The molecule has 1 aromatic rings. The van der Waals surface area contributed by atoms with Gasteiger partial charge >= 0.3 is 0 Å². The molecule has 2 N–H and O–H groups in total. The number of nitrogens with one attached hydrogen (secondary N) is 1. The van der Waals surface area contributed by atoms with E-state index >= 15 is 0 Å². The van der Waals surface area contributed by atoms with Crippen LogP contribution < -0.4 is 5.32 Å². The summed E-state index contributed by atoms with van der Waals surface area (Å²) in [6.45, 7) is 6.03. The lowest BCUT2D eigenvalue weighted by atomic mass is 9.94. The van der Waals surface area contributed by atoms with Gasteiger partial charge in [-0.05, 0) is 60.1 Å². The van der Waals surface area contributed by atoms with Gasteiger partial charge in [0, 0.05) is 15.7 Å². The first-order valence-electron chi connectivity index (χ1n) is 6.17.